The molecule has 5 nitrogen and oxygen atoms in total. The lowest BCUT2D eigenvalue weighted by atomic mass is 10.0. The van der Waals surface area contributed by atoms with E-state index in [-0.39, 0.29) is 22.4 Å². The van der Waals surface area contributed by atoms with Gasteiger partial charge < -0.3 is 5.11 Å². The van der Waals surface area contributed by atoms with Crippen molar-refractivity contribution in [3.63, 3.8) is 0 Å². The Morgan fingerprint density at radius 2 is 2.17 bits per heavy atom. The van der Waals surface area contributed by atoms with Crippen LogP contribution in [0.2, 0.25) is 5.02 Å². The van der Waals surface area contributed by atoms with Crippen LogP contribution >= 0.6 is 11.6 Å². The lowest BCUT2D eigenvalue weighted by Gasteiger charge is -2.21. The maximum atomic E-state index is 12.1. The number of pyridine rings is 1. The molecule has 7 heteroatoms. The van der Waals surface area contributed by atoms with Gasteiger partial charge in [0.25, 0.3) is 0 Å². The molecule has 0 unspecified atom stereocenters. The second-order valence-electron chi connectivity index (χ2n) is 4.13. The SMILES string of the molecule is CC[C@@H](C)[C@H](CO)NS(=O)(=O)c1cncc(Cl)c1. The monoisotopic (exact) mass is 292 g/mol. The third-order valence-corrected chi connectivity index (χ3v) is 4.49. The molecule has 1 heterocycles. The summed E-state index contributed by atoms with van der Waals surface area (Å²) in [5.74, 6) is 0.0388. The van der Waals surface area contributed by atoms with Crippen LogP contribution in [0.5, 0.6) is 0 Å². The Kier molecular flexibility index (Phi) is 5.52. The highest BCUT2D eigenvalue weighted by atomic mass is 35.5. The van der Waals surface area contributed by atoms with E-state index in [4.69, 9.17) is 11.6 Å². The number of aliphatic hydroxyl groups is 1. The van der Waals surface area contributed by atoms with Gasteiger partial charge in [-0.2, -0.15) is 0 Å². The Balaban J connectivity index is 2.94. The molecule has 0 aliphatic heterocycles. The number of sulfonamides is 1. The van der Waals surface area contributed by atoms with Gasteiger partial charge in [-0.25, -0.2) is 13.1 Å². The molecular weight excluding hydrogens is 276 g/mol. The molecule has 1 aromatic heterocycles. The number of hydrogen-bond donors (Lipinski definition) is 2. The van der Waals surface area contributed by atoms with Gasteiger partial charge >= 0.3 is 0 Å². The van der Waals surface area contributed by atoms with Crippen LogP contribution in [0.4, 0.5) is 0 Å². The van der Waals surface area contributed by atoms with E-state index in [9.17, 15) is 13.5 Å². The normalized spacial score (nSPS) is 15.3. The summed E-state index contributed by atoms with van der Waals surface area (Å²) in [6, 6.07) is 0.807. The molecule has 102 valence electrons. The number of aliphatic hydroxyl groups excluding tert-OH is 1. The standard InChI is InChI=1S/C11H17ClN2O3S/c1-3-8(2)11(7-15)14-18(16,17)10-4-9(12)5-13-6-10/h4-6,8,11,14-15H,3,7H2,1-2H3/t8-,11+/m1/s1. The minimum absolute atomic E-state index is 0.00301. The Morgan fingerprint density at radius 3 is 2.67 bits per heavy atom. The van der Waals surface area contributed by atoms with Crippen molar-refractivity contribution < 1.29 is 13.5 Å². The Hall–Kier alpha value is -0.690. The summed E-state index contributed by atoms with van der Waals surface area (Å²) in [5.41, 5.74) is 0. The predicted molar refractivity (Wildman–Crippen MR) is 69.9 cm³/mol. The number of nitrogens with one attached hydrogen (secondary N) is 1. The average molecular weight is 293 g/mol. The van der Waals surface area contributed by atoms with Crippen LogP contribution in [-0.2, 0) is 10.0 Å². The molecule has 0 saturated heterocycles. The van der Waals surface area contributed by atoms with Gasteiger partial charge in [-0.15, -0.1) is 0 Å². The summed E-state index contributed by atoms with van der Waals surface area (Å²) in [4.78, 5) is 3.73. The van der Waals surface area contributed by atoms with E-state index >= 15 is 0 Å². The first kappa shape index (κ1) is 15.4. The number of rotatable bonds is 6. The molecule has 1 aromatic rings. The number of aromatic nitrogens is 1. The molecule has 0 aliphatic carbocycles. The number of nitrogens with zero attached hydrogens (tertiary/aromatic N) is 1. The van der Waals surface area contributed by atoms with Gasteiger partial charge in [0.1, 0.15) is 4.90 Å². The van der Waals surface area contributed by atoms with Crippen LogP contribution in [0, 0.1) is 5.92 Å². The van der Waals surface area contributed by atoms with Crippen LogP contribution in [0.3, 0.4) is 0 Å². The summed E-state index contributed by atoms with van der Waals surface area (Å²) >= 11 is 5.71. The lowest BCUT2D eigenvalue weighted by Crippen LogP contribution is -2.41. The maximum absolute atomic E-state index is 12.1. The molecule has 1 rings (SSSR count). The highest BCUT2D eigenvalue weighted by molar-refractivity contribution is 7.89. The van der Waals surface area contributed by atoms with Gasteiger partial charge in [0.15, 0.2) is 0 Å². The van der Waals surface area contributed by atoms with E-state index in [1.165, 1.54) is 18.5 Å². The smallest absolute Gasteiger partial charge is 0.242 e. The van der Waals surface area contributed by atoms with Gasteiger partial charge in [-0.1, -0.05) is 31.9 Å². The fraction of sp³-hybridized carbons (Fsp3) is 0.545. The number of halogens is 1. The summed E-state index contributed by atoms with van der Waals surface area (Å²) in [6.07, 6.45) is 3.35. The predicted octanol–water partition coefficient (Wildman–Crippen LogP) is 1.42. The fourth-order valence-electron chi connectivity index (χ4n) is 1.42. The first-order chi connectivity index (χ1) is 8.40. The Bertz CT molecular complexity index is 493. The molecule has 0 radical (unpaired) electrons. The molecule has 2 N–H and O–H groups in total. The molecule has 0 bridgehead atoms. The van der Waals surface area contributed by atoms with Crippen LogP contribution in [0.1, 0.15) is 20.3 Å². The van der Waals surface area contributed by atoms with Crippen molar-refractivity contribution in [2.24, 2.45) is 5.92 Å². The molecule has 2 atom stereocenters. The topological polar surface area (TPSA) is 79.3 Å². The van der Waals surface area contributed by atoms with E-state index in [1.807, 2.05) is 13.8 Å². The Labute approximate surface area is 112 Å². The van der Waals surface area contributed by atoms with Gasteiger partial charge in [0, 0.05) is 18.4 Å². The van der Waals surface area contributed by atoms with E-state index in [2.05, 4.69) is 9.71 Å². The lowest BCUT2D eigenvalue weighted by molar-refractivity contribution is 0.219. The van der Waals surface area contributed by atoms with Crippen molar-refractivity contribution >= 4 is 21.6 Å². The Morgan fingerprint density at radius 1 is 1.50 bits per heavy atom. The molecule has 0 saturated carbocycles. The average Bonchev–Trinajstić information content (AvgIpc) is 2.35. The molecule has 0 aromatic carbocycles. The van der Waals surface area contributed by atoms with Crippen LogP contribution < -0.4 is 4.72 Å². The van der Waals surface area contributed by atoms with E-state index in [0.717, 1.165) is 6.42 Å². The van der Waals surface area contributed by atoms with Gasteiger partial charge in [-0.05, 0) is 12.0 Å². The second-order valence-corrected chi connectivity index (χ2v) is 6.29. The van der Waals surface area contributed by atoms with Crippen molar-refractivity contribution in [1.82, 2.24) is 9.71 Å². The summed E-state index contributed by atoms with van der Waals surface area (Å²) < 4.78 is 26.6. The fourth-order valence-corrected chi connectivity index (χ4v) is 2.99. The van der Waals surface area contributed by atoms with E-state index < -0.39 is 16.1 Å². The first-order valence-electron chi connectivity index (χ1n) is 5.64. The van der Waals surface area contributed by atoms with Gasteiger partial charge in [-0.3, -0.25) is 4.98 Å². The number of hydrogen-bond acceptors (Lipinski definition) is 4. The first-order valence-corrected chi connectivity index (χ1v) is 7.50. The van der Waals surface area contributed by atoms with Crippen LogP contribution in [-0.4, -0.2) is 31.2 Å². The molecule has 0 aliphatic rings. The van der Waals surface area contributed by atoms with Crippen LogP contribution in [0.15, 0.2) is 23.4 Å². The highest BCUT2D eigenvalue weighted by Gasteiger charge is 2.23. The molecular formula is C11H17ClN2O3S. The quantitative estimate of drug-likeness (QED) is 0.831. The molecule has 0 amide bonds. The zero-order valence-corrected chi connectivity index (χ0v) is 11.9. The largest absolute Gasteiger partial charge is 0.395 e. The zero-order chi connectivity index (χ0) is 13.8. The van der Waals surface area contributed by atoms with E-state index in [1.54, 1.807) is 0 Å². The third kappa shape index (κ3) is 3.91. The molecule has 0 spiro atoms. The molecule has 0 fully saturated rings. The van der Waals surface area contributed by atoms with Gasteiger partial charge in [0.05, 0.1) is 11.6 Å². The maximum Gasteiger partial charge on any atom is 0.242 e. The third-order valence-electron chi connectivity index (χ3n) is 2.82. The highest BCUT2D eigenvalue weighted by Crippen LogP contribution is 2.16. The summed E-state index contributed by atoms with van der Waals surface area (Å²) in [7, 11) is -3.71. The van der Waals surface area contributed by atoms with E-state index in [0.29, 0.717) is 0 Å². The van der Waals surface area contributed by atoms with Crippen molar-refractivity contribution in [2.45, 2.75) is 31.2 Å². The summed E-state index contributed by atoms with van der Waals surface area (Å²) in [5, 5.41) is 9.48. The van der Waals surface area contributed by atoms with Crippen molar-refractivity contribution in [3.05, 3.63) is 23.5 Å². The van der Waals surface area contributed by atoms with Crippen molar-refractivity contribution in [2.75, 3.05) is 6.61 Å². The minimum Gasteiger partial charge on any atom is -0.395 e. The van der Waals surface area contributed by atoms with Crippen molar-refractivity contribution in [3.8, 4) is 0 Å². The minimum atomic E-state index is -3.71. The summed E-state index contributed by atoms with van der Waals surface area (Å²) in [6.45, 7) is 3.56. The van der Waals surface area contributed by atoms with Crippen LogP contribution in [0.25, 0.3) is 0 Å². The van der Waals surface area contributed by atoms with Crippen molar-refractivity contribution in [1.29, 1.82) is 0 Å². The second kappa shape index (κ2) is 6.47. The van der Waals surface area contributed by atoms with Gasteiger partial charge in [0.2, 0.25) is 10.0 Å². The molecule has 18 heavy (non-hydrogen) atoms. The zero-order valence-electron chi connectivity index (χ0n) is 10.3.